The number of hydrogen-bond acceptors (Lipinski definition) is 5. The van der Waals surface area contributed by atoms with Gasteiger partial charge in [0, 0.05) is 17.8 Å². The van der Waals surface area contributed by atoms with Gasteiger partial charge in [-0.05, 0) is 54.1 Å². The highest BCUT2D eigenvalue weighted by Gasteiger charge is 2.22. The van der Waals surface area contributed by atoms with Crippen molar-refractivity contribution in [2.75, 3.05) is 7.11 Å². The molecule has 0 amide bonds. The van der Waals surface area contributed by atoms with Crippen LogP contribution in [0.3, 0.4) is 0 Å². The van der Waals surface area contributed by atoms with Crippen molar-refractivity contribution < 1.29 is 14.3 Å². The molecule has 2 N–H and O–H groups in total. The number of carbonyl (C=O) groups excluding carboxylic acids is 2. The van der Waals surface area contributed by atoms with Gasteiger partial charge in [-0.3, -0.25) is 9.78 Å². The fourth-order valence-corrected chi connectivity index (χ4v) is 3.26. The van der Waals surface area contributed by atoms with Gasteiger partial charge in [0.25, 0.3) is 5.24 Å². The van der Waals surface area contributed by atoms with Gasteiger partial charge < -0.3 is 10.5 Å². The molecule has 26 heavy (non-hydrogen) atoms. The van der Waals surface area contributed by atoms with Gasteiger partial charge in [-0.25, -0.2) is 4.79 Å². The number of aryl methyl sites for hydroxylation is 1. The van der Waals surface area contributed by atoms with E-state index in [1.165, 1.54) is 7.11 Å². The standard InChI is InChI=1S/C20H23ClN2O3/c1-11(2)9-16-15(10-22)18(17(19(21)24)12(3)23-16)13-5-7-14(8-6-13)20(25)26-4/h5-8,11H,9-10,22H2,1-4H3. The molecule has 0 atom stereocenters. The average molecular weight is 375 g/mol. The lowest BCUT2D eigenvalue weighted by Crippen LogP contribution is -2.14. The third-order valence-electron chi connectivity index (χ3n) is 4.16. The molecule has 2 aromatic rings. The number of rotatable bonds is 6. The van der Waals surface area contributed by atoms with Crippen molar-refractivity contribution in [2.24, 2.45) is 11.7 Å². The smallest absolute Gasteiger partial charge is 0.337 e. The van der Waals surface area contributed by atoms with Crippen LogP contribution in [-0.4, -0.2) is 23.3 Å². The maximum atomic E-state index is 12.1. The minimum atomic E-state index is -0.576. The minimum Gasteiger partial charge on any atom is -0.465 e. The van der Waals surface area contributed by atoms with Crippen molar-refractivity contribution in [3.63, 3.8) is 0 Å². The average Bonchev–Trinajstić information content (AvgIpc) is 2.59. The minimum absolute atomic E-state index is 0.237. The Labute approximate surface area is 158 Å². The molecule has 0 saturated carbocycles. The highest BCUT2D eigenvalue weighted by atomic mass is 35.5. The summed E-state index contributed by atoms with van der Waals surface area (Å²) in [6, 6.07) is 6.84. The van der Waals surface area contributed by atoms with E-state index >= 15 is 0 Å². The first kappa shape index (κ1) is 20.1. The lowest BCUT2D eigenvalue weighted by molar-refractivity contribution is 0.0600. The molecule has 0 aliphatic heterocycles. The van der Waals surface area contributed by atoms with E-state index in [9.17, 15) is 9.59 Å². The van der Waals surface area contributed by atoms with E-state index in [4.69, 9.17) is 22.1 Å². The van der Waals surface area contributed by atoms with E-state index in [1.807, 2.05) is 0 Å². The second-order valence-corrected chi connectivity index (χ2v) is 6.86. The summed E-state index contributed by atoms with van der Waals surface area (Å²) in [5.74, 6) is -0.0325. The molecule has 0 aliphatic carbocycles. The Kier molecular flexibility index (Phi) is 6.51. The SMILES string of the molecule is COC(=O)c1ccc(-c2c(CN)c(CC(C)C)nc(C)c2C(=O)Cl)cc1. The first-order valence-electron chi connectivity index (χ1n) is 8.41. The summed E-state index contributed by atoms with van der Waals surface area (Å²) in [6.07, 6.45) is 0.747. The van der Waals surface area contributed by atoms with Gasteiger partial charge in [0.05, 0.1) is 23.9 Å². The summed E-state index contributed by atoms with van der Waals surface area (Å²) >= 11 is 5.86. The van der Waals surface area contributed by atoms with Crippen molar-refractivity contribution in [1.82, 2.24) is 4.98 Å². The third kappa shape index (κ3) is 4.11. The summed E-state index contributed by atoms with van der Waals surface area (Å²) in [5.41, 5.74) is 10.5. The fourth-order valence-electron chi connectivity index (χ4n) is 3.03. The van der Waals surface area contributed by atoms with E-state index < -0.39 is 11.2 Å². The zero-order valence-electron chi connectivity index (χ0n) is 15.4. The number of nitrogens with two attached hydrogens (primary N) is 1. The summed E-state index contributed by atoms with van der Waals surface area (Å²) in [7, 11) is 1.33. The van der Waals surface area contributed by atoms with Gasteiger partial charge in [0.2, 0.25) is 0 Å². The summed E-state index contributed by atoms with van der Waals surface area (Å²) in [6.45, 7) is 6.21. The number of carbonyl (C=O) groups is 2. The molecule has 0 fully saturated rings. The Morgan fingerprint density at radius 3 is 2.31 bits per heavy atom. The van der Waals surface area contributed by atoms with Crippen LogP contribution >= 0.6 is 11.6 Å². The van der Waals surface area contributed by atoms with Crippen LogP contribution < -0.4 is 5.73 Å². The maximum absolute atomic E-state index is 12.1. The van der Waals surface area contributed by atoms with Crippen LogP contribution in [0.1, 0.15) is 51.5 Å². The molecule has 0 aliphatic rings. The van der Waals surface area contributed by atoms with Crippen molar-refractivity contribution >= 4 is 22.8 Å². The van der Waals surface area contributed by atoms with E-state index in [0.29, 0.717) is 28.3 Å². The number of esters is 1. The monoisotopic (exact) mass is 374 g/mol. The number of halogens is 1. The zero-order chi connectivity index (χ0) is 19.4. The summed E-state index contributed by atoms with van der Waals surface area (Å²) < 4.78 is 4.73. The van der Waals surface area contributed by atoms with Crippen molar-refractivity contribution in [2.45, 2.75) is 33.7 Å². The molecule has 5 nitrogen and oxygen atoms in total. The predicted molar refractivity (Wildman–Crippen MR) is 102 cm³/mol. The van der Waals surface area contributed by atoms with E-state index in [1.54, 1.807) is 31.2 Å². The van der Waals surface area contributed by atoms with Crippen LogP contribution in [0.5, 0.6) is 0 Å². The lowest BCUT2D eigenvalue weighted by Gasteiger charge is -2.19. The number of methoxy groups -OCH3 is 1. The van der Waals surface area contributed by atoms with Gasteiger partial charge in [-0.1, -0.05) is 26.0 Å². The van der Waals surface area contributed by atoms with Crippen LogP contribution in [0.25, 0.3) is 11.1 Å². The Morgan fingerprint density at radius 2 is 1.85 bits per heavy atom. The van der Waals surface area contributed by atoms with Crippen molar-refractivity contribution in [3.8, 4) is 11.1 Å². The second kappa shape index (κ2) is 8.43. The zero-order valence-corrected chi connectivity index (χ0v) is 16.2. The fraction of sp³-hybridized carbons (Fsp3) is 0.350. The Balaban J connectivity index is 2.73. The number of pyridine rings is 1. The number of benzene rings is 1. The van der Waals surface area contributed by atoms with Crippen molar-refractivity contribution in [1.29, 1.82) is 0 Å². The normalized spacial score (nSPS) is 10.9. The molecular weight excluding hydrogens is 352 g/mol. The van der Waals surface area contributed by atoms with E-state index in [2.05, 4.69) is 18.8 Å². The Bertz CT molecular complexity index is 830. The largest absolute Gasteiger partial charge is 0.465 e. The molecule has 0 saturated heterocycles. The van der Waals surface area contributed by atoms with E-state index in [-0.39, 0.29) is 6.54 Å². The highest BCUT2D eigenvalue weighted by molar-refractivity contribution is 6.68. The quantitative estimate of drug-likeness (QED) is 0.612. The number of hydrogen-bond donors (Lipinski definition) is 1. The van der Waals surface area contributed by atoms with Crippen LogP contribution in [0, 0.1) is 12.8 Å². The number of nitrogens with zero attached hydrogens (tertiary/aromatic N) is 1. The second-order valence-electron chi connectivity index (χ2n) is 6.52. The van der Waals surface area contributed by atoms with Crippen LogP contribution in [0.4, 0.5) is 0 Å². The van der Waals surface area contributed by atoms with Crippen LogP contribution in [0.15, 0.2) is 24.3 Å². The molecular formula is C20H23ClN2O3. The first-order valence-corrected chi connectivity index (χ1v) is 8.78. The molecule has 1 aromatic heterocycles. The Hall–Kier alpha value is -2.24. The number of aromatic nitrogens is 1. The maximum Gasteiger partial charge on any atom is 0.337 e. The van der Waals surface area contributed by atoms with Gasteiger partial charge in [-0.2, -0.15) is 0 Å². The first-order chi connectivity index (χ1) is 12.3. The topological polar surface area (TPSA) is 82.3 Å². The van der Waals surface area contributed by atoms with Gasteiger partial charge >= 0.3 is 5.97 Å². The van der Waals surface area contributed by atoms with Gasteiger partial charge in [0.15, 0.2) is 0 Å². The van der Waals surface area contributed by atoms with Gasteiger partial charge in [-0.15, -0.1) is 0 Å². The lowest BCUT2D eigenvalue weighted by atomic mass is 9.90. The van der Waals surface area contributed by atoms with Crippen LogP contribution in [-0.2, 0) is 17.7 Å². The number of ether oxygens (including phenoxy) is 1. The van der Waals surface area contributed by atoms with Crippen molar-refractivity contribution in [3.05, 3.63) is 52.3 Å². The molecule has 6 heteroatoms. The molecule has 0 unspecified atom stereocenters. The Morgan fingerprint density at radius 1 is 1.23 bits per heavy atom. The molecule has 0 bridgehead atoms. The van der Waals surface area contributed by atoms with Gasteiger partial charge in [0.1, 0.15) is 0 Å². The summed E-state index contributed by atoms with van der Waals surface area (Å²) in [4.78, 5) is 28.3. The molecule has 0 radical (unpaired) electrons. The third-order valence-corrected chi connectivity index (χ3v) is 4.35. The molecule has 1 aromatic carbocycles. The molecule has 0 spiro atoms. The highest BCUT2D eigenvalue weighted by Crippen LogP contribution is 2.33. The van der Waals surface area contributed by atoms with Crippen LogP contribution in [0.2, 0.25) is 0 Å². The van der Waals surface area contributed by atoms with E-state index in [0.717, 1.165) is 23.2 Å². The summed E-state index contributed by atoms with van der Waals surface area (Å²) in [5, 5.41) is -0.576. The predicted octanol–water partition coefficient (Wildman–Crippen LogP) is 3.88. The molecule has 2 rings (SSSR count). The molecule has 1 heterocycles. The molecule has 138 valence electrons.